The molecule has 0 fully saturated rings. The predicted molar refractivity (Wildman–Crippen MR) is 54.7 cm³/mol. The summed E-state index contributed by atoms with van der Waals surface area (Å²) < 4.78 is 0. The molecule has 0 bridgehead atoms. The van der Waals surface area contributed by atoms with E-state index in [9.17, 15) is 0 Å². The molecule has 0 radical (unpaired) electrons. The highest BCUT2D eigenvalue weighted by atomic mass is 14.9. The minimum atomic E-state index is 1.10. The highest BCUT2D eigenvalue weighted by Crippen LogP contribution is 2.35. The van der Waals surface area contributed by atoms with Crippen LogP contribution in [-0.4, -0.2) is 0 Å². The maximum Gasteiger partial charge on any atom is -0.00135 e. The summed E-state index contributed by atoms with van der Waals surface area (Å²) in [6.07, 6.45) is 1.10. The van der Waals surface area contributed by atoms with Gasteiger partial charge in [-0.05, 0) is 28.7 Å². The molecule has 0 N–H and O–H groups in total. The van der Waals surface area contributed by atoms with Crippen molar-refractivity contribution in [2.45, 2.75) is 6.42 Å². The van der Waals surface area contributed by atoms with Crippen LogP contribution in [0, 0.1) is 0 Å². The van der Waals surface area contributed by atoms with E-state index in [0.717, 1.165) is 6.42 Å². The Bertz CT molecular complexity index is 412. The van der Waals surface area contributed by atoms with Crippen molar-refractivity contribution in [1.29, 1.82) is 0 Å². The molecule has 0 heteroatoms. The molecule has 0 saturated heterocycles. The predicted octanol–water partition coefficient (Wildman–Crippen LogP) is 3.26. The first-order valence-electron chi connectivity index (χ1n) is 4.61. The average molecular weight is 168 g/mol. The van der Waals surface area contributed by atoms with Gasteiger partial charge in [0.1, 0.15) is 0 Å². The van der Waals surface area contributed by atoms with E-state index in [4.69, 9.17) is 0 Å². The van der Waals surface area contributed by atoms with Crippen LogP contribution < -0.4 is 0 Å². The van der Waals surface area contributed by atoms with Gasteiger partial charge in [-0.1, -0.05) is 48.5 Å². The number of rotatable bonds is 0. The minimum Gasteiger partial charge on any atom is -0.0619 e. The summed E-state index contributed by atoms with van der Waals surface area (Å²) in [4.78, 5) is 0. The van der Waals surface area contributed by atoms with Gasteiger partial charge in [0, 0.05) is 0 Å². The molecule has 3 rings (SSSR count). The molecular weight excluding hydrogens is 158 g/mol. The summed E-state index contributed by atoms with van der Waals surface area (Å²) in [5.74, 6) is 0. The average Bonchev–Trinajstić information content (AvgIpc) is 2.56. The van der Waals surface area contributed by atoms with E-state index in [1.807, 2.05) is 0 Å². The van der Waals surface area contributed by atoms with Gasteiger partial charge >= 0.3 is 0 Å². The largest absolute Gasteiger partial charge is 0.0619 e. The van der Waals surface area contributed by atoms with E-state index in [-0.39, 0.29) is 0 Å². The lowest BCUT2D eigenvalue weighted by Crippen LogP contribution is -1.77. The van der Waals surface area contributed by atoms with Gasteiger partial charge in [-0.15, -0.1) is 0 Å². The van der Waals surface area contributed by atoms with Gasteiger partial charge in [-0.3, -0.25) is 0 Å². The van der Waals surface area contributed by atoms with E-state index in [2.05, 4.69) is 48.5 Å². The van der Waals surface area contributed by atoms with Crippen LogP contribution in [0.2, 0.25) is 0 Å². The van der Waals surface area contributed by atoms with E-state index < -0.39 is 0 Å². The zero-order valence-corrected chi connectivity index (χ0v) is 7.33. The molecule has 1 aliphatic rings. The van der Waals surface area contributed by atoms with Gasteiger partial charge < -0.3 is 0 Å². The molecule has 2 aromatic rings. The topological polar surface area (TPSA) is 0 Å². The molecule has 62 valence electrons. The molecule has 0 spiro atoms. The van der Waals surface area contributed by atoms with Crippen molar-refractivity contribution >= 4 is 0 Å². The molecule has 13 heavy (non-hydrogen) atoms. The van der Waals surface area contributed by atoms with Crippen molar-refractivity contribution in [3.63, 3.8) is 0 Å². The molecule has 0 atom stereocenters. The van der Waals surface area contributed by atoms with Gasteiger partial charge in [0.25, 0.3) is 0 Å². The number of fused-ring (bicyclic) bond motifs is 3. The Morgan fingerprint density at radius 1 is 0.615 bits per heavy atom. The fraction of sp³-hybridized carbons (Fsp3) is 0.0769. The first kappa shape index (κ1) is 6.90. The monoisotopic (exact) mass is 168 g/mol. The Balaban J connectivity index is 2.32. The van der Waals surface area contributed by atoms with Gasteiger partial charge in [0.05, 0.1) is 0 Å². The Kier molecular flexibility index (Phi) is 1.31. The summed E-state index contributed by atoms with van der Waals surface area (Å²) in [5, 5.41) is 0. The Morgan fingerprint density at radius 2 is 1.08 bits per heavy atom. The fourth-order valence-electron chi connectivity index (χ4n) is 2.08. The third-order valence-corrected chi connectivity index (χ3v) is 2.71. The van der Waals surface area contributed by atoms with Crippen molar-refractivity contribution in [1.82, 2.24) is 0 Å². The molecular formula is C13H10. The smallest absolute Gasteiger partial charge is 0.00135 e. The maximum atomic E-state index is 2.22. The summed E-state index contributed by atoms with van der Waals surface area (Å²) in [6.45, 7) is 0. The minimum absolute atomic E-state index is 1.10. The quantitative estimate of drug-likeness (QED) is 0.483. The lowest BCUT2D eigenvalue weighted by atomic mass is 10.1. The number of hydrogen-bond donors (Lipinski definition) is 0. The summed E-state index contributed by atoms with van der Waals surface area (Å²) >= 11 is 0. The van der Waals surface area contributed by atoms with Crippen molar-refractivity contribution in [2.24, 2.45) is 0 Å². The lowest BCUT2D eigenvalue weighted by Gasteiger charge is -1.98. The van der Waals surface area contributed by atoms with Crippen molar-refractivity contribution in [3.8, 4) is 11.1 Å². The van der Waals surface area contributed by atoms with Gasteiger partial charge in [-0.2, -0.15) is 0 Å². The Morgan fingerprint density at radius 3 is 1.62 bits per heavy atom. The molecule has 0 amide bonds. The first-order valence-corrected chi connectivity index (χ1v) is 4.61. The van der Waals surface area contributed by atoms with Crippen LogP contribution in [0.5, 0.6) is 0 Å². The van der Waals surface area contributed by atoms with Gasteiger partial charge in [0.15, 0.2) is 0 Å². The molecule has 0 aliphatic heterocycles. The summed E-state index contributed by atoms with van der Waals surface area (Å²) in [5.41, 5.74) is 5.75. The summed E-state index contributed by atoms with van der Waals surface area (Å²) in [6, 6.07) is 17.3. The zero-order chi connectivity index (χ0) is 8.67. The fourth-order valence-corrected chi connectivity index (χ4v) is 2.08. The van der Waals surface area contributed by atoms with Gasteiger partial charge in [-0.25, -0.2) is 0 Å². The maximum absolute atomic E-state index is 2.22. The number of benzene rings is 2. The molecule has 0 aromatic heterocycles. The third kappa shape index (κ3) is 0.919. The Hall–Kier alpha value is -1.56. The highest BCUT2D eigenvalue weighted by molar-refractivity contribution is 5.76. The second kappa shape index (κ2) is 2.46. The van der Waals surface area contributed by atoms with Crippen LogP contribution in [-0.2, 0) is 6.42 Å². The highest BCUT2D eigenvalue weighted by Gasteiger charge is 2.15. The number of hydrogen-bond acceptors (Lipinski definition) is 0. The van der Waals surface area contributed by atoms with E-state index in [1.165, 1.54) is 22.3 Å². The molecule has 0 unspecified atom stereocenters. The standard InChI is InChI=1S/C13H10/c1-3-7-12-10(5-1)9-11-6-2-4-8-13(11)12/h1-8H,9H2/i9+2. The van der Waals surface area contributed by atoms with Crippen LogP contribution in [0.4, 0.5) is 0 Å². The van der Waals surface area contributed by atoms with Crippen LogP contribution in [0.25, 0.3) is 11.1 Å². The zero-order valence-electron chi connectivity index (χ0n) is 7.33. The molecule has 2 aromatic carbocycles. The first-order chi connectivity index (χ1) is 6.45. The molecule has 0 heterocycles. The third-order valence-electron chi connectivity index (χ3n) is 2.71. The van der Waals surface area contributed by atoms with Crippen LogP contribution in [0.3, 0.4) is 0 Å². The van der Waals surface area contributed by atoms with Crippen molar-refractivity contribution in [3.05, 3.63) is 59.7 Å². The normalized spacial score (nSPS) is 12.3. The Labute approximate surface area is 77.8 Å². The van der Waals surface area contributed by atoms with Crippen molar-refractivity contribution < 1.29 is 0 Å². The second-order valence-corrected chi connectivity index (χ2v) is 3.49. The van der Waals surface area contributed by atoms with E-state index >= 15 is 0 Å². The summed E-state index contributed by atoms with van der Waals surface area (Å²) in [7, 11) is 0. The SMILES string of the molecule is c1ccc2c(c1)[14CH2]c1ccccc1-2. The molecule has 0 nitrogen and oxygen atoms in total. The van der Waals surface area contributed by atoms with Gasteiger partial charge in [0.2, 0.25) is 0 Å². The molecule has 1 aliphatic carbocycles. The molecule has 0 saturated carbocycles. The van der Waals surface area contributed by atoms with E-state index in [0.29, 0.717) is 0 Å². The van der Waals surface area contributed by atoms with Crippen LogP contribution in [0.15, 0.2) is 48.5 Å². The van der Waals surface area contributed by atoms with Crippen LogP contribution >= 0.6 is 0 Å². The lowest BCUT2D eigenvalue weighted by molar-refractivity contribution is 1.26. The second-order valence-electron chi connectivity index (χ2n) is 3.49. The van der Waals surface area contributed by atoms with E-state index in [1.54, 1.807) is 0 Å². The van der Waals surface area contributed by atoms with Crippen molar-refractivity contribution in [2.75, 3.05) is 0 Å². The van der Waals surface area contributed by atoms with Crippen LogP contribution in [0.1, 0.15) is 11.1 Å².